The molecular weight excluding hydrogens is 244 g/mol. The van der Waals surface area contributed by atoms with Gasteiger partial charge in [0.1, 0.15) is 0 Å². The molecule has 0 saturated heterocycles. The third kappa shape index (κ3) is 3.18. The molecule has 2 N–H and O–H groups in total. The fraction of sp³-hybridized carbons (Fsp3) is 0.600. The van der Waals surface area contributed by atoms with Crippen molar-refractivity contribution >= 4 is 17.3 Å². The Bertz CT molecular complexity index is 401. The van der Waals surface area contributed by atoms with Crippen molar-refractivity contribution < 1.29 is 0 Å². The molecule has 0 aliphatic heterocycles. The van der Waals surface area contributed by atoms with Crippen LogP contribution in [-0.4, -0.2) is 18.6 Å². The molecule has 1 fully saturated rings. The van der Waals surface area contributed by atoms with Crippen LogP contribution in [0.4, 0.5) is 5.69 Å². The molecule has 2 rings (SSSR count). The molecule has 100 valence electrons. The standard InChI is InChI=1S/C15H23ClN2/c1-3-13(17)10-11-9-12(16)5-8-15(11)18(4-2)14-6-7-14/h5,8-9,13-14H,3-4,6-7,10,17H2,1-2H3. The third-order valence-electron chi connectivity index (χ3n) is 3.69. The zero-order chi connectivity index (χ0) is 13.1. The summed E-state index contributed by atoms with van der Waals surface area (Å²) in [6.07, 6.45) is 4.54. The smallest absolute Gasteiger partial charge is 0.0410 e. The van der Waals surface area contributed by atoms with E-state index in [0.717, 1.165) is 30.5 Å². The van der Waals surface area contributed by atoms with Crippen LogP contribution < -0.4 is 10.6 Å². The van der Waals surface area contributed by atoms with Gasteiger partial charge in [-0.1, -0.05) is 18.5 Å². The van der Waals surface area contributed by atoms with Crippen molar-refractivity contribution in [1.82, 2.24) is 0 Å². The minimum Gasteiger partial charge on any atom is -0.369 e. The Labute approximate surface area is 115 Å². The van der Waals surface area contributed by atoms with Crippen molar-refractivity contribution in [2.24, 2.45) is 5.73 Å². The molecule has 1 unspecified atom stereocenters. The van der Waals surface area contributed by atoms with Gasteiger partial charge in [-0.05, 0) is 56.4 Å². The van der Waals surface area contributed by atoms with E-state index in [9.17, 15) is 0 Å². The van der Waals surface area contributed by atoms with Crippen molar-refractivity contribution in [3.05, 3.63) is 28.8 Å². The van der Waals surface area contributed by atoms with Gasteiger partial charge in [-0.2, -0.15) is 0 Å². The van der Waals surface area contributed by atoms with Crippen molar-refractivity contribution in [2.45, 2.75) is 51.6 Å². The normalized spacial score (nSPS) is 16.7. The van der Waals surface area contributed by atoms with Crippen molar-refractivity contribution in [3.63, 3.8) is 0 Å². The highest BCUT2D eigenvalue weighted by atomic mass is 35.5. The predicted molar refractivity (Wildman–Crippen MR) is 79.5 cm³/mol. The van der Waals surface area contributed by atoms with E-state index in [1.807, 2.05) is 6.07 Å². The Morgan fingerprint density at radius 3 is 2.67 bits per heavy atom. The lowest BCUT2D eigenvalue weighted by Gasteiger charge is -2.26. The van der Waals surface area contributed by atoms with Crippen LogP contribution in [-0.2, 0) is 6.42 Å². The summed E-state index contributed by atoms with van der Waals surface area (Å²) in [5.74, 6) is 0. The lowest BCUT2D eigenvalue weighted by Crippen LogP contribution is -2.28. The van der Waals surface area contributed by atoms with Gasteiger partial charge < -0.3 is 10.6 Å². The highest BCUT2D eigenvalue weighted by Crippen LogP contribution is 2.34. The second-order valence-corrected chi connectivity index (χ2v) is 5.60. The lowest BCUT2D eigenvalue weighted by molar-refractivity contribution is 0.644. The molecule has 3 heteroatoms. The topological polar surface area (TPSA) is 29.3 Å². The molecule has 1 aliphatic carbocycles. The van der Waals surface area contributed by atoms with E-state index in [4.69, 9.17) is 17.3 Å². The van der Waals surface area contributed by atoms with Gasteiger partial charge in [0.2, 0.25) is 0 Å². The van der Waals surface area contributed by atoms with Crippen molar-refractivity contribution in [3.8, 4) is 0 Å². The van der Waals surface area contributed by atoms with Crippen LogP contribution in [0, 0.1) is 0 Å². The Hall–Kier alpha value is -0.730. The van der Waals surface area contributed by atoms with Crippen LogP contribution in [0.5, 0.6) is 0 Å². The highest BCUT2D eigenvalue weighted by molar-refractivity contribution is 6.30. The summed E-state index contributed by atoms with van der Waals surface area (Å²) in [6.45, 7) is 5.41. The maximum Gasteiger partial charge on any atom is 0.0410 e. The summed E-state index contributed by atoms with van der Waals surface area (Å²) in [6, 6.07) is 7.18. The summed E-state index contributed by atoms with van der Waals surface area (Å²) in [4.78, 5) is 2.49. The second-order valence-electron chi connectivity index (χ2n) is 5.16. The molecule has 0 spiro atoms. The van der Waals surface area contributed by atoms with E-state index in [1.54, 1.807) is 0 Å². The largest absolute Gasteiger partial charge is 0.369 e. The van der Waals surface area contributed by atoms with Crippen molar-refractivity contribution in [2.75, 3.05) is 11.4 Å². The number of rotatable bonds is 6. The lowest BCUT2D eigenvalue weighted by atomic mass is 10.0. The van der Waals surface area contributed by atoms with Gasteiger partial charge in [-0.3, -0.25) is 0 Å². The minimum absolute atomic E-state index is 0.222. The summed E-state index contributed by atoms with van der Waals surface area (Å²) in [7, 11) is 0. The van der Waals surface area contributed by atoms with Crippen molar-refractivity contribution in [1.29, 1.82) is 0 Å². The monoisotopic (exact) mass is 266 g/mol. The summed E-state index contributed by atoms with van der Waals surface area (Å²) < 4.78 is 0. The van der Waals surface area contributed by atoms with Gasteiger partial charge in [0.25, 0.3) is 0 Å². The zero-order valence-corrected chi connectivity index (χ0v) is 12.1. The molecule has 0 radical (unpaired) electrons. The number of benzene rings is 1. The third-order valence-corrected chi connectivity index (χ3v) is 3.92. The molecular formula is C15H23ClN2. The molecule has 1 aromatic rings. The van der Waals surface area contributed by atoms with E-state index < -0.39 is 0 Å². The SMILES string of the molecule is CCC(N)Cc1cc(Cl)ccc1N(CC)C1CC1. The number of nitrogens with two attached hydrogens (primary N) is 1. The van der Waals surface area contributed by atoms with E-state index in [2.05, 4.69) is 30.9 Å². The van der Waals surface area contributed by atoms with E-state index in [-0.39, 0.29) is 6.04 Å². The second kappa shape index (κ2) is 5.94. The first-order chi connectivity index (χ1) is 8.65. The quantitative estimate of drug-likeness (QED) is 0.852. The summed E-state index contributed by atoms with van der Waals surface area (Å²) in [5, 5.41) is 0.809. The highest BCUT2D eigenvalue weighted by Gasteiger charge is 2.29. The van der Waals surface area contributed by atoms with E-state index >= 15 is 0 Å². The van der Waals surface area contributed by atoms with Crippen LogP contribution in [0.1, 0.15) is 38.7 Å². The average molecular weight is 267 g/mol. The Morgan fingerprint density at radius 2 is 2.11 bits per heavy atom. The minimum atomic E-state index is 0.222. The van der Waals surface area contributed by atoms with Gasteiger partial charge in [-0.25, -0.2) is 0 Å². The molecule has 1 aromatic carbocycles. The maximum atomic E-state index is 6.13. The predicted octanol–water partition coefficient (Wildman–Crippen LogP) is 3.61. The number of hydrogen-bond acceptors (Lipinski definition) is 2. The van der Waals surface area contributed by atoms with E-state index in [0.29, 0.717) is 0 Å². The molecule has 0 aromatic heterocycles. The molecule has 0 bridgehead atoms. The van der Waals surface area contributed by atoms with Crippen LogP contribution in [0.3, 0.4) is 0 Å². The van der Waals surface area contributed by atoms with Crippen LogP contribution in [0.25, 0.3) is 0 Å². The Morgan fingerprint density at radius 1 is 1.39 bits per heavy atom. The first-order valence-electron chi connectivity index (χ1n) is 6.96. The number of hydrogen-bond donors (Lipinski definition) is 1. The van der Waals surface area contributed by atoms with Gasteiger partial charge >= 0.3 is 0 Å². The van der Waals surface area contributed by atoms with Crippen LogP contribution in [0.15, 0.2) is 18.2 Å². The number of halogens is 1. The zero-order valence-electron chi connectivity index (χ0n) is 11.3. The van der Waals surface area contributed by atoms with Gasteiger partial charge in [0, 0.05) is 29.3 Å². The van der Waals surface area contributed by atoms with Gasteiger partial charge in [0.15, 0.2) is 0 Å². The maximum absolute atomic E-state index is 6.13. The molecule has 1 aliphatic rings. The first kappa shape index (κ1) is 13.7. The molecule has 2 nitrogen and oxygen atoms in total. The average Bonchev–Trinajstić information content (AvgIpc) is 3.17. The summed E-state index contributed by atoms with van der Waals surface area (Å²) in [5.41, 5.74) is 8.72. The molecule has 18 heavy (non-hydrogen) atoms. The van der Waals surface area contributed by atoms with Gasteiger partial charge in [0.05, 0.1) is 0 Å². The number of anilines is 1. The molecule has 1 atom stereocenters. The Kier molecular flexibility index (Phi) is 4.52. The first-order valence-corrected chi connectivity index (χ1v) is 7.34. The van der Waals surface area contributed by atoms with E-state index in [1.165, 1.54) is 24.1 Å². The number of nitrogens with zero attached hydrogens (tertiary/aromatic N) is 1. The Balaban J connectivity index is 2.26. The van der Waals surface area contributed by atoms with Crippen LogP contribution in [0.2, 0.25) is 5.02 Å². The molecule has 0 amide bonds. The summed E-state index contributed by atoms with van der Waals surface area (Å²) >= 11 is 6.13. The molecule has 1 saturated carbocycles. The fourth-order valence-corrected chi connectivity index (χ4v) is 2.63. The van der Waals surface area contributed by atoms with Crippen LogP contribution >= 0.6 is 11.6 Å². The fourth-order valence-electron chi connectivity index (χ4n) is 2.44. The van der Waals surface area contributed by atoms with Gasteiger partial charge in [-0.15, -0.1) is 0 Å². The molecule has 0 heterocycles.